The van der Waals surface area contributed by atoms with Crippen LogP contribution in [0.1, 0.15) is 0 Å². The highest BCUT2D eigenvalue weighted by atomic mass is 35.5. The smallest absolute Gasteiger partial charge is 0.294 e. The van der Waals surface area contributed by atoms with E-state index in [1.165, 1.54) is 17.8 Å². The summed E-state index contributed by atoms with van der Waals surface area (Å²) in [5, 5.41) is 22.8. The second-order valence-corrected chi connectivity index (χ2v) is 9.22. The molecule has 0 spiro atoms. The van der Waals surface area contributed by atoms with Crippen molar-refractivity contribution in [3.63, 3.8) is 0 Å². The van der Waals surface area contributed by atoms with Gasteiger partial charge >= 0.3 is 0 Å². The molecule has 0 radical (unpaired) electrons. The van der Waals surface area contributed by atoms with Crippen molar-refractivity contribution in [2.75, 3.05) is 36.8 Å². The van der Waals surface area contributed by atoms with E-state index < -0.39 is 4.92 Å². The van der Waals surface area contributed by atoms with E-state index in [0.29, 0.717) is 42.0 Å². The summed E-state index contributed by atoms with van der Waals surface area (Å²) in [4.78, 5) is 28.3. The number of benzene rings is 1. The SMILES string of the molecule is Cn1c(SCC(=O)N2CCN(c3ccc(Cl)cc3[N+](=O)[O-])CC2)nnc1-c1cccs1. The lowest BCUT2D eigenvalue weighted by atomic mass is 10.2. The summed E-state index contributed by atoms with van der Waals surface area (Å²) in [7, 11) is 1.89. The van der Waals surface area contributed by atoms with Crippen molar-refractivity contribution in [3.8, 4) is 10.7 Å². The highest BCUT2D eigenvalue weighted by Gasteiger charge is 2.26. The number of hydrogen-bond donors (Lipinski definition) is 0. The first-order valence-corrected chi connectivity index (χ1v) is 11.7. The molecule has 0 aliphatic carbocycles. The monoisotopic (exact) mass is 478 g/mol. The fraction of sp³-hybridized carbons (Fsp3) is 0.316. The number of piperazine rings is 1. The summed E-state index contributed by atoms with van der Waals surface area (Å²) in [5.41, 5.74) is 0.503. The Kier molecular flexibility index (Phi) is 6.44. The number of anilines is 1. The molecule has 0 atom stereocenters. The first-order chi connectivity index (χ1) is 14.9. The number of halogens is 1. The van der Waals surface area contributed by atoms with E-state index in [1.807, 2.05) is 34.0 Å². The molecule has 12 heteroatoms. The van der Waals surface area contributed by atoms with E-state index in [2.05, 4.69) is 10.2 Å². The van der Waals surface area contributed by atoms with Gasteiger partial charge in [-0.05, 0) is 23.6 Å². The Morgan fingerprint density at radius 2 is 2.03 bits per heavy atom. The third-order valence-electron chi connectivity index (χ3n) is 5.01. The topological polar surface area (TPSA) is 97.4 Å². The van der Waals surface area contributed by atoms with E-state index in [0.717, 1.165) is 10.7 Å². The molecule has 3 aromatic rings. The Labute approximate surface area is 191 Å². The zero-order valence-electron chi connectivity index (χ0n) is 16.6. The number of carbonyl (C=O) groups excluding carboxylic acids is 1. The summed E-state index contributed by atoms with van der Waals surface area (Å²) in [6.45, 7) is 2.04. The molecule has 31 heavy (non-hydrogen) atoms. The first-order valence-electron chi connectivity index (χ1n) is 9.47. The number of rotatable bonds is 6. The average molecular weight is 479 g/mol. The summed E-state index contributed by atoms with van der Waals surface area (Å²) in [5.74, 6) is 1.05. The Bertz CT molecular complexity index is 1100. The van der Waals surface area contributed by atoms with Crippen LogP contribution < -0.4 is 4.90 Å². The van der Waals surface area contributed by atoms with Gasteiger partial charge in [0.2, 0.25) is 5.91 Å². The van der Waals surface area contributed by atoms with Gasteiger partial charge in [-0.1, -0.05) is 29.4 Å². The standard InChI is InChI=1S/C19H19ClN6O3S2/c1-23-18(16-3-2-10-30-16)21-22-19(23)31-12-17(27)25-8-6-24(7-9-25)14-5-4-13(20)11-15(14)26(28)29/h2-5,10-11H,6-9,12H2,1H3. The molecule has 1 aliphatic heterocycles. The Hall–Kier alpha value is -2.63. The lowest BCUT2D eigenvalue weighted by Gasteiger charge is -2.35. The zero-order valence-corrected chi connectivity index (χ0v) is 19.0. The number of thioether (sulfide) groups is 1. The molecule has 0 unspecified atom stereocenters. The number of thiophene rings is 1. The quantitative estimate of drug-likeness (QED) is 0.303. The molecule has 9 nitrogen and oxygen atoms in total. The van der Waals surface area contributed by atoms with Crippen molar-refractivity contribution in [2.24, 2.45) is 7.05 Å². The summed E-state index contributed by atoms with van der Waals surface area (Å²) in [6, 6.07) is 8.61. The fourth-order valence-electron chi connectivity index (χ4n) is 3.39. The molecule has 1 aliphatic rings. The van der Waals surface area contributed by atoms with E-state index in [9.17, 15) is 14.9 Å². The lowest BCUT2D eigenvalue weighted by molar-refractivity contribution is -0.384. The Morgan fingerprint density at radius 3 is 2.71 bits per heavy atom. The van der Waals surface area contributed by atoms with Gasteiger partial charge in [-0.25, -0.2) is 0 Å². The minimum absolute atomic E-state index is 0.0101. The van der Waals surface area contributed by atoms with Gasteiger partial charge in [0, 0.05) is 44.3 Å². The summed E-state index contributed by atoms with van der Waals surface area (Å²) in [6.07, 6.45) is 0. The summed E-state index contributed by atoms with van der Waals surface area (Å²) < 4.78 is 1.89. The van der Waals surface area contributed by atoms with Gasteiger partial charge in [-0.3, -0.25) is 14.9 Å². The van der Waals surface area contributed by atoms with Crippen LogP contribution >= 0.6 is 34.7 Å². The number of nitro groups is 1. The number of aromatic nitrogens is 3. The van der Waals surface area contributed by atoms with Gasteiger partial charge in [0.15, 0.2) is 11.0 Å². The maximum atomic E-state index is 12.7. The van der Waals surface area contributed by atoms with Crippen molar-refractivity contribution in [1.82, 2.24) is 19.7 Å². The molecule has 1 fully saturated rings. The maximum Gasteiger partial charge on any atom is 0.294 e. The second-order valence-electron chi connectivity index (χ2n) is 6.89. The number of nitro benzene ring substituents is 1. The molecule has 1 amide bonds. The molecule has 0 saturated carbocycles. The highest BCUT2D eigenvalue weighted by molar-refractivity contribution is 7.99. The lowest BCUT2D eigenvalue weighted by Crippen LogP contribution is -2.49. The third-order valence-corrected chi connectivity index (χ3v) is 7.11. The number of hydrogen-bond acceptors (Lipinski definition) is 8. The molecule has 2 aromatic heterocycles. The van der Waals surface area contributed by atoms with Crippen molar-refractivity contribution >= 4 is 52.0 Å². The summed E-state index contributed by atoms with van der Waals surface area (Å²) >= 11 is 8.85. The van der Waals surface area contributed by atoms with Gasteiger partial charge in [-0.2, -0.15) is 0 Å². The first kappa shape index (κ1) is 21.6. The van der Waals surface area contributed by atoms with Gasteiger partial charge in [-0.15, -0.1) is 21.5 Å². The van der Waals surface area contributed by atoms with E-state index in [-0.39, 0.29) is 17.3 Å². The number of amides is 1. The van der Waals surface area contributed by atoms with Gasteiger partial charge in [0.1, 0.15) is 5.69 Å². The van der Waals surface area contributed by atoms with Crippen molar-refractivity contribution in [2.45, 2.75) is 5.16 Å². The number of carbonyl (C=O) groups is 1. The predicted octanol–water partition coefficient (Wildman–Crippen LogP) is 3.55. The molecular formula is C19H19ClN6O3S2. The normalized spacial score (nSPS) is 14.1. The Morgan fingerprint density at radius 1 is 1.26 bits per heavy atom. The van der Waals surface area contributed by atoms with Crippen molar-refractivity contribution < 1.29 is 9.72 Å². The van der Waals surface area contributed by atoms with Crippen LogP contribution in [0.5, 0.6) is 0 Å². The molecule has 0 bridgehead atoms. The molecule has 1 aromatic carbocycles. The molecule has 1 saturated heterocycles. The molecule has 3 heterocycles. The molecular weight excluding hydrogens is 460 g/mol. The van der Waals surface area contributed by atoms with Crippen LogP contribution in [0.2, 0.25) is 5.02 Å². The van der Waals surface area contributed by atoms with Gasteiger partial charge in [0.25, 0.3) is 5.69 Å². The van der Waals surface area contributed by atoms with Crippen LogP contribution in [0.25, 0.3) is 10.7 Å². The minimum Gasteiger partial charge on any atom is -0.362 e. The minimum atomic E-state index is -0.430. The van der Waals surface area contributed by atoms with Crippen LogP contribution in [0.4, 0.5) is 11.4 Å². The van der Waals surface area contributed by atoms with E-state index in [1.54, 1.807) is 28.4 Å². The van der Waals surface area contributed by atoms with Crippen LogP contribution in [0.3, 0.4) is 0 Å². The van der Waals surface area contributed by atoms with E-state index >= 15 is 0 Å². The van der Waals surface area contributed by atoms with Crippen molar-refractivity contribution in [1.29, 1.82) is 0 Å². The predicted molar refractivity (Wildman–Crippen MR) is 122 cm³/mol. The van der Waals surface area contributed by atoms with Gasteiger partial charge < -0.3 is 14.4 Å². The largest absolute Gasteiger partial charge is 0.362 e. The van der Waals surface area contributed by atoms with Crippen LogP contribution in [-0.2, 0) is 11.8 Å². The third kappa shape index (κ3) is 4.68. The zero-order chi connectivity index (χ0) is 22.0. The second kappa shape index (κ2) is 9.25. The maximum absolute atomic E-state index is 12.7. The van der Waals surface area contributed by atoms with Crippen LogP contribution in [0, 0.1) is 10.1 Å². The molecule has 4 rings (SSSR count). The highest BCUT2D eigenvalue weighted by Crippen LogP contribution is 2.32. The van der Waals surface area contributed by atoms with Crippen LogP contribution in [-0.4, -0.2) is 62.4 Å². The van der Waals surface area contributed by atoms with E-state index in [4.69, 9.17) is 11.6 Å². The number of nitrogens with zero attached hydrogens (tertiary/aromatic N) is 6. The average Bonchev–Trinajstić information content (AvgIpc) is 3.42. The van der Waals surface area contributed by atoms with Crippen molar-refractivity contribution in [3.05, 3.63) is 50.8 Å². The van der Waals surface area contributed by atoms with Crippen LogP contribution in [0.15, 0.2) is 40.9 Å². The molecule has 162 valence electrons. The Balaban J connectivity index is 1.34. The molecule has 0 N–H and O–H groups in total. The fourth-order valence-corrected chi connectivity index (χ4v) is 5.11. The van der Waals surface area contributed by atoms with Gasteiger partial charge in [0.05, 0.1) is 15.6 Å².